The number of amides is 2. The predicted octanol–water partition coefficient (Wildman–Crippen LogP) is 3.62. The smallest absolute Gasteiger partial charge is 0.322 e. The van der Waals surface area contributed by atoms with Gasteiger partial charge in [-0.05, 0) is 51.5 Å². The molecule has 2 aliphatic heterocycles. The molecule has 1 saturated heterocycles. The molecule has 2 aliphatic rings. The number of nitrogens with zero attached hydrogens (tertiary/aromatic N) is 4. The summed E-state index contributed by atoms with van der Waals surface area (Å²) in [6, 6.07) is 14.2. The number of fused-ring (bicyclic) bond motifs is 1. The third kappa shape index (κ3) is 3.69. The molecule has 1 aromatic carbocycles. The van der Waals surface area contributed by atoms with Crippen LogP contribution in [0.5, 0.6) is 0 Å². The molecule has 1 fully saturated rings. The summed E-state index contributed by atoms with van der Waals surface area (Å²) in [6.45, 7) is 9.97. The average molecular weight is 380 g/mol. The second-order valence-corrected chi connectivity index (χ2v) is 8.53. The highest BCUT2D eigenvalue weighted by Gasteiger charge is 2.33. The van der Waals surface area contributed by atoms with Crippen molar-refractivity contribution in [2.24, 2.45) is 0 Å². The molecular weight excluding hydrogens is 350 g/mol. The van der Waals surface area contributed by atoms with E-state index in [1.165, 1.54) is 0 Å². The number of pyridine rings is 1. The van der Waals surface area contributed by atoms with Gasteiger partial charge in [0.05, 0.1) is 11.4 Å². The molecule has 4 rings (SSSR count). The number of hydrogen-bond acceptors (Lipinski definition) is 4. The molecule has 0 saturated carbocycles. The minimum atomic E-state index is -0.00567. The Hall–Kier alpha value is -2.60. The van der Waals surface area contributed by atoms with Crippen molar-refractivity contribution in [3.63, 3.8) is 0 Å². The van der Waals surface area contributed by atoms with E-state index in [0.29, 0.717) is 6.54 Å². The first-order valence-corrected chi connectivity index (χ1v) is 10.0. The summed E-state index contributed by atoms with van der Waals surface area (Å²) in [7, 11) is 0. The first kappa shape index (κ1) is 18.7. The molecule has 6 nitrogen and oxygen atoms in total. The molecule has 1 aromatic heterocycles. The second kappa shape index (κ2) is 7.43. The van der Waals surface area contributed by atoms with Crippen molar-refractivity contribution in [3.8, 4) is 0 Å². The number of rotatable bonds is 2. The molecule has 1 atom stereocenters. The highest BCUT2D eigenvalue weighted by Crippen LogP contribution is 2.36. The fourth-order valence-corrected chi connectivity index (χ4v) is 4.06. The Balaban J connectivity index is 1.50. The number of urea groups is 1. The third-order valence-corrected chi connectivity index (χ3v) is 5.65. The van der Waals surface area contributed by atoms with Crippen LogP contribution in [0.25, 0.3) is 0 Å². The van der Waals surface area contributed by atoms with Crippen molar-refractivity contribution in [3.05, 3.63) is 48.7 Å². The largest absolute Gasteiger partial charge is 0.334 e. The van der Waals surface area contributed by atoms with E-state index in [4.69, 9.17) is 0 Å². The maximum absolute atomic E-state index is 13.1. The number of likely N-dealkylation sites (tertiary alicyclic amines) is 1. The van der Waals surface area contributed by atoms with Crippen LogP contribution in [0.2, 0.25) is 0 Å². The van der Waals surface area contributed by atoms with Crippen LogP contribution in [0.4, 0.5) is 22.0 Å². The topological polar surface area (TPSA) is 51.7 Å². The van der Waals surface area contributed by atoms with Gasteiger partial charge in [-0.15, -0.1) is 0 Å². The number of para-hydroxylation sites is 2. The number of carbonyl (C=O) groups is 1. The molecule has 0 radical (unpaired) electrons. The molecule has 3 heterocycles. The lowest BCUT2D eigenvalue weighted by molar-refractivity contribution is 0.170. The van der Waals surface area contributed by atoms with Gasteiger partial charge in [0.15, 0.2) is 0 Å². The standard InChI is InChI=1S/C22H29N5O/c1-22(2,3)25-13-11-17(16-25)24-21(28)27-15-14-26(20-10-6-7-12-23-20)18-8-4-5-9-19(18)27/h4-10,12,17H,11,13-16H2,1-3H3,(H,24,28)/t17-/m1/s1. The Kier molecular flexibility index (Phi) is 4.98. The van der Waals surface area contributed by atoms with E-state index in [1.54, 1.807) is 6.20 Å². The minimum absolute atomic E-state index is 0.00567. The van der Waals surface area contributed by atoms with E-state index in [0.717, 1.165) is 43.2 Å². The van der Waals surface area contributed by atoms with Crippen molar-refractivity contribution < 1.29 is 4.79 Å². The van der Waals surface area contributed by atoms with Crippen molar-refractivity contribution in [1.29, 1.82) is 0 Å². The van der Waals surface area contributed by atoms with Crippen LogP contribution in [0.15, 0.2) is 48.7 Å². The molecule has 0 spiro atoms. The van der Waals surface area contributed by atoms with E-state index in [2.05, 4.69) is 46.9 Å². The van der Waals surface area contributed by atoms with Crippen LogP contribution >= 0.6 is 0 Å². The SMILES string of the molecule is CC(C)(C)N1CC[C@@H](NC(=O)N2CCN(c3ccccn3)c3ccccc32)C1. The molecule has 0 bridgehead atoms. The van der Waals surface area contributed by atoms with Crippen LogP contribution in [0, 0.1) is 0 Å². The summed E-state index contributed by atoms with van der Waals surface area (Å²) >= 11 is 0. The van der Waals surface area contributed by atoms with Crippen LogP contribution in [0.1, 0.15) is 27.2 Å². The Bertz CT molecular complexity index is 832. The van der Waals surface area contributed by atoms with Gasteiger partial charge >= 0.3 is 6.03 Å². The van der Waals surface area contributed by atoms with Crippen LogP contribution < -0.4 is 15.1 Å². The Morgan fingerprint density at radius 1 is 1.04 bits per heavy atom. The van der Waals surface area contributed by atoms with E-state index >= 15 is 0 Å². The maximum atomic E-state index is 13.1. The molecule has 28 heavy (non-hydrogen) atoms. The fourth-order valence-electron chi connectivity index (χ4n) is 4.06. The number of aromatic nitrogens is 1. The number of hydrogen-bond donors (Lipinski definition) is 1. The quantitative estimate of drug-likeness (QED) is 0.866. The maximum Gasteiger partial charge on any atom is 0.322 e. The van der Waals surface area contributed by atoms with Crippen LogP contribution in [0.3, 0.4) is 0 Å². The van der Waals surface area contributed by atoms with Crippen LogP contribution in [-0.2, 0) is 0 Å². The van der Waals surface area contributed by atoms with Gasteiger partial charge in [0, 0.05) is 44.0 Å². The number of benzene rings is 1. The summed E-state index contributed by atoms with van der Waals surface area (Å²) in [5.74, 6) is 0.909. The molecule has 0 aliphatic carbocycles. The van der Waals surface area contributed by atoms with Crippen LogP contribution in [-0.4, -0.2) is 53.7 Å². The molecule has 2 aromatic rings. The van der Waals surface area contributed by atoms with Gasteiger partial charge < -0.3 is 10.2 Å². The normalized spacial score (nSPS) is 20.2. The van der Waals surface area contributed by atoms with Gasteiger partial charge in [0.1, 0.15) is 5.82 Å². The Morgan fingerprint density at radius 3 is 2.46 bits per heavy atom. The van der Waals surface area contributed by atoms with Gasteiger partial charge in [-0.3, -0.25) is 9.80 Å². The number of nitrogens with one attached hydrogen (secondary N) is 1. The summed E-state index contributed by atoms with van der Waals surface area (Å²) in [6.07, 6.45) is 2.80. The highest BCUT2D eigenvalue weighted by atomic mass is 16.2. The molecule has 148 valence electrons. The second-order valence-electron chi connectivity index (χ2n) is 8.53. The van der Waals surface area contributed by atoms with E-state index in [1.807, 2.05) is 41.3 Å². The van der Waals surface area contributed by atoms with Gasteiger partial charge in [-0.1, -0.05) is 18.2 Å². The zero-order valence-corrected chi connectivity index (χ0v) is 16.9. The van der Waals surface area contributed by atoms with Crippen molar-refractivity contribution >= 4 is 23.2 Å². The minimum Gasteiger partial charge on any atom is -0.334 e. The van der Waals surface area contributed by atoms with Crippen molar-refractivity contribution in [2.75, 3.05) is 36.0 Å². The summed E-state index contributed by atoms with van der Waals surface area (Å²) < 4.78 is 0. The fraction of sp³-hybridized carbons (Fsp3) is 0.455. The Labute approximate surface area is 167 Å². The molecule has 0 unspecified atom stereocenters. The third-order valence-electron chi connectivity index (χ3n) is 5.65. The van der Waals surface area contributed by atoms with Crippen molar-refractivity contribution in [2.45, 2.75) is 38.8 Å². The zero-order chi connectivity index (χ0) is 19.7. The van der Waals surface area contributed by atoms with E-state index in [9.17, 15) is 4.79 Å². The highest BCUT2D eigenvalue weighted by molar-refractivity contribution is 5.97. The summed E-state index contributed by atoms with van der Waals surface area (Å²) in [5.41, 5.74) is 2.09. The first-order chi connectivity index (χ1) is 13.4. The van der Waals surface area contributed by atoms with Crippen molar-refractivity contribution in [1.82, 2.24) is 15.2 Å². The molecule has 2 amide bonds. The molecule has 6 heteroatoms. The molecular formula is C22H29N5O. The summed E-state index contributed by atoms with van der Waals surface area (Å²) in [5, 5.41) is 3.26. The number of carbonyl (C=O) groups excluding carboxylic acids is 1. The lowest BCUT2D eigenvalue weighted by Crippen LogP contribution is -2.51. The van der Waals surface area contributed by atoms with Gasteiger partial charge in [0.25, 0.3) is 0 Å². The van der Waals surface area contributed by atoms with E-state index in [-0.39, 0.29) is 17.6 Å². The first-order valence-electron chi connectivity index (χ1n) is 10.0. The number of anilines is 3. The predicted molar refractivity (Wildman–Crippen MR) is 113 cm³/mol. The van der Waals surface area contributed by atoms with Gasteiger partial charge in [-0.2, -0.15) is 0 Å². The lowest BCUT2D eigenvalue weighted by atomic mass is 10.1. The summed E-state index contributed by atoms with van der Waals surface area (Å²) in [4.78, 5) is 24.0. The monoisotopic (exact) mass is 379 g/mol. The molecule has 1 N–H and O–H groups in total. The van der Waals surface area contributed by atoms with E-state index < -0.39 is 0 Å². The van der Waals surface area contributed by atoms with Gasteiger partial charge in [-0.25, -0.2) is 9.78 Å². The Morgan fingerprint density at radius 2 is 1.79 bits per heavy atom. The lowest BCUT2D eigenvalue weighted by Gasteiger charge is -2.37. The average Bonchev–Trinajstić information content (AvgIpc) is 3.17. The zero-order valence-electron chi connectivity index (χ0n) is 16.9. The van der Waals surface area contributed by atoms with Gasteiger partial charge in [0.2, 0.25) is 0 Å².